The normalized spacial score (nSPS) is 18.2. The van der Waals surface area contributed by atoms with E-state index in [1.165, 1.54) is 87.3 Å². The smallest absolute Gasteiger partial charge is 0.140 e. The maximum absolute atomic E-state index is 12.8. The number of carbonyl (C=O) groups is 1. The summed E-state index contributed by atoms with van der Waals surface area (Å²) < 4.78 is 5.94. The van der Waals surface area contributed by atoms with E-state index in [1.54, 1.807) is 0 Å². The van der Waals surface area contributed by atoms with Crippen molar-refractivity contribution in [1.29, 1.82) is 0 Å². The Labute approximate surface area is 208 Å². The molecule has 2 atom stereocenters. The van der Waals surface area contributed by atoms with Gasteiger partial charge in [-0.3, -0.25) is 4.79 Å². The van der Waals surface area contributed by atoms with Gasteiger partial charge in [-0.25, -0.2) is 0 Å². The number of unbranched alkanes of at least 4 members (excludes halogenated alkanes) is 8. The third-order valence-corrected chi connectivity index (χ3v) is 7.48. The van der Waals surface area contributed by atoms with Gasteiger partial charge in [-0.05, 0) is 54.0 Å². The van der Waals surface area contributed by atoms with E-state index < -0.39 is 0 Å². The predicted octanol–water partition coefficient (Wildman–Crippen LogP) is 9.52. The highest BCUT2D eigenvalue weighted by atomic mass is 16.5. The first-order chi connectivity index (χ1) is 16.7. The highest BCUT2D eigenvalue weighted by Crippen LogP contribution is 2.36. The highest BCUT2D eigenvalue weighted by Gasteiger charge is 2.29. The third kappa shape index (κ3) is 8.60. The van der Waals surface area contributed by atoms with Crippen LogP contribution in [0.2, 0.25) is 0 Å². The first-order valence-corrected chi connectivity index (χ1v) is 14.1. The molecule has 0 radical (unpaired) electrons. The monoisotopic (exact) mass is 462 g/mol. The van der Waals surface area contributed by atoms with Crippen LogP contribution in [-0.2, 0) is 4.79 Å². The molecule has 34 heavy (non-hydrogen) atoms. The lowest BCUT2D eigenvalue weighted by Crippen LogP contribution is -2.23. The maximum Gasteiger partial charge on any atom is 0.140 e. The van der Waals surface area contributed by atoms with Crippen LogP contribution >= 0.6 is 0 Å². The van der Waals surface area contributed by atoms with Crippen molar-refractivity contribution in [3.8, 4) is 16.9 Å². The largest absolute Gasteiger partial charge is 0.494 e. The fourth-order valence-corrected chi connectivity index (χ4v) is 5.27. The van der Waals surface area contributed by atoms with Crippen LogP contribution in [0.1, 0.15) is 115 Å². The maximum atomic E-state index is 12.8. The lowest BCUT2D eigenvalue weighted by atomic mass is 9.76. The van der Waals surface area contributed by atoms with Crippen molar-refractivity contribution < 1.29 is 9.53 Å². The Kier molecular flexibility index (Phi) is 11.7. The summed E-state index contributed by atoms with van der Waals surface area (Å²) in [7, 11) is 0. The molecule has 0 aliphatic heterocycles. The van der Waals surface area contributed by atoms with Gasteiger partial charge in [-0.15, -0.1) is 0 Å². The summed E-state index contributed by atoms with van der Waals surface area (Å²) in [5, 5.41) is 0. The summed E-state index contributed by atoms with van der Waals surface area (Å²) in [6, 6.07) is 17.1. The number of ether oxygens (including phenoxy) is 1. The first-order valence-electron chi connectivity index (χ1n) is 14.1. The van der Waals surface area contributed by atoms with Crippen molar-refractivity contribution in [2.24, 2.45) is 5.92 Å². The minimum Gasteiger partial charge on any atom is -0.494 e. The Hall–Kier alpha value is -2.09. The molecule has 1 aliphatic rings. The van der Waals surface area contributed by atoms with E-state index in [9.17, 15) is 4.79 Å². The minimum atomic E-state index is 0.0962. The molecular weight excluding hydrogens is 416 g/mol. The zero-order valence-electron chi connectivity index (χ0n) is 21.7. The number of ketones is 1. The lowest BCUT2D eigenvalue weighted by molar-refractivity contribution is -0.123. The van der Waals surface area contributed by atoms with Crippen LogP contribution in [0.15, 0.2) is 48.5 Å². The molecule has 1 aliphatic carbocycles. The third-order valence-electron chi connectivity index (χ3n) is 7.48. The second-order valence-electron chi connectivity index (χ2n) is 10.3. The molecule has 2 aromatic rings. The number of rotatable bonds is 15. The van der Waals surface area contributed by atoms with Gasteiger partial charge in [-0.1, -0.05) is 114 Å². The van der Waals surface area contributed by atoms with E-state index in [2.05, 4.69) is 62.4 Å². The van der Waals surface area contributed by atoms with Gasteiger partial charge in [0.25, 0.3) is 0 Å². The van der Waals surface area contributed by atoms with Crippen LogP contribution < -0.4 is 4.74 Å². The van der Waals surface area contributed by atoms with Crippen molar-refractivity contribution in [3.05, 3.63) is 54.1 Å². The molecule has 0 saturated heterocycles. The second kappa shape index (κ2) is 15.0. The molecule has 1 fully saturated rings. The van der Waals surface area contributed by atoms with Gasteiger partial charge in [0.15, 0.2) is 0 Å². The van der Waals surface area contributed by atoms with Crippen molar-refractivity contribution >= 4 is 5.78 Å². The van der Waals surface area contributed by atoms with Crippen molar-refractivity contribution in [2.75, 3.05) is 6.61 Å². The van der Waals surface area contributed by atoms with Gasteiger partial charge in [0.1, 0.15) is 11.5 Å². The molecule has 186 valence electrons. The topological polar surface area (TPSA) is 26.3 Å². The number of hydrogen-bond acceptors (Lipinski definition) is 2. The molecule has 2 heteroatoms. The van der Waals surface area contributed by atoms with Gasteiger partial charge in [0.2, 0.25) is 0 Å². The fourth-order valence-electron chi connectivity index (χ4n) is 5.27. The molecule has 0 bridgehead atoms. The molecule has 0 aromatic heterocycles. The summed E-state index contributed by atoms with van der Waals surface area (Å²) in [5.74, 6) is 2.11. The number of hydrogen-bond donors (Lipinski definition) is 0. The quantitative estimate of drug-likeness (QED) is 0.246. The van der Waals surface area contributed by atoms with E-state index >= 15 is 0 Å². The van der Waals surface area contributed by atoms with Gasteiger partial charge < -0.3 is 4.74 Å². The van der Waals surface area contributed by atoms with Crippen molar-refractivity contribution in [3.63, 3.8) is 0 Å². The Bertz CT molecular complexity index is 821. The van der Waals surface area contributed by atoms with Crippen molar-refractivity contribution in [2.45, 2.75) is 110 Å². The fraction of sp³-hybridized carbons (Fsp3) is 0.594. The zero-order chi connectivity index (χ0) is 24.0. The van der Waals surface area contributed by atoms with Gasteiger partial charge in [0.05, 0.1) is 6.61 Å². The van der Waals surface area contributed by atoms with Crippen LogP contribution in [0.25, 0.3) is 11.1 Å². The average Bonchev–Trinajstić information content (AvgIpc) is 2.86. The summed E-state index contributed by atoms with van der Waals surface area (Å²) in [6.45, 7) is 5.31. The van der Waals surface area contributed by atoms with Crippen LogP contribution in [0.5, 0.6) is 5.75 Å². The molecule has 0 N–H and O–H groups in total. The average molecular weight is 463 g/mol. The summed E-state index contributed by atoms with van der Waals surface area (Å²) >= 11 is 0. The van der Waals surface area contributed by atoms with Crippen molar-refractivity contribution in [1.82, 2.24) is 0 Å². The lowest BCUT2D eigenvalue weighted by Gasteiger charge is -2.27. The molecule has 2 nitrogen and oxygen atoms in total. The second-order valence-corrected chi connectivity index (χ2v) is 10.3. The Morgan fingerprint density at radius 1 is 0.706 bits per heavy atom. The van der Waals surface area contributed by atoms with Gasteiger partial charge in [0, 0.05) is 12.3 Å². The van der Waals surface area contributed by atoms with Crippen LogP contribution in [0.4, 0.5) is 0 Å². The Morgan fingerprint density at radius 2 is 1.29 bits per heavy atom. The van der Waals surface area contributed by atoms with E-state index in [0.717, 1.165) is 31.6 Å². The highest BCUT2D eigenvalue weighted by molar-refractivity contribution is 5.86. The predicted molar refractivity (Wildman–Crippen MR) is 145 cm³/mol. The SMILES string of the molecule is CCCCCCCCCOc1ccc(-c2ccc([C@H]3CC[C@H](CCCCC)CC3=O)cc2)cc1. The number of carbonyl (C=O) groups excluding carboxylic acids is 1. The molecule has 3 rings (SSSR count). The molecule has 1 saturated carbocycles. The van der Waals surface area contributed by atoms with Crippen LogP contribution in [0.3, 0.4) is 0 Å². The molecule has 0 amide bonds. The van der Waals surface area contributed by atoms with Crippen LogP contribution in [-0.4, -0.2) is 12.4 Å². The van der Waals surface area contributed by atoms with E-state index in [1.807, 2.05) is 0 Å². The molecular formula is C32H46O2. The Balaban J connectivity index is 1.42. The molecule has 2 aromatic carbocycles. The zero-order valence-corrected chi connectivity index (χ0v) is 21.7. The molecule has 0 heterocycles. The van der Waals surface area contributed by atoms with E-state index in [4.69, 9.17) is 4.74 Å². The van der Waals surface area contributed by atoms with Gasteiger partial charge >= 0.3 is 0 Å². The number of Topliss-reactive ketones (excluding diaryl/α,β-unsaturated/α-hetero) is 1. The standard InChI is InChI=1S/C32H46O2/c1-3-5-7-8-9-10-12-24-34-30-21-19-28(20-22-30)27-15-17-29(18-16-27)31-23-14-26(25-32(31)33)13-11-6-4-2/h15-22,26,31H,3-14,23-25H2,1-2H3/t26-,31+/m0/s1. The molecule has 0 unspecified atom stereocenters. The Morgan fingerprint density at radius 3 is 1.94 bits per heavy atom. The molecule has 0 spiro atoms. The van der Waals surface area contributed by atoms with E-state index in [0.29, 0.717) is 11.7 Å². The summed E-state index contributed by atoms with van der Waals surface area (Å²) in [4.78, 5) is 12.8. The van der Waals surface area contributed by atoms with Crippen LogP contribution in [0, 0.1) is 5.92 Å². The summed E-state index contributed by atoms with van der Waals surface area (Å²) in [5.41, 5.74) is 3.58. The van der Waals surface area contributed by atoms with E-state index in [-0.39, 0.29) is 5.92 Å². The number of benzene rings is 2. The van der Waals surface area contributed by atoms with Gasteiger partial charge in [-0.2, -0.15) is 0 Å². The first kappa shape index (κ1) is 26.5. The minimum absolute atomic E-state index is 0.0962. The summed E-state index contributed by atoms with van der Waals surface area (Å²) in [6.07, 6.45) is 17.2.